The van der Waals surface area contributed by atoms with Gasteiger partial charge in [-0.3, -0.25) is 4.68 Å². The first-order chi connectivity index (χ1) is 9.65. The molecule has 0 fully saturated rings. The Labute approximate surface area is 127 Å². The van der Waals surface area contributed by atoms with Gasteiger partial charge in [-0.05, 0) is 23.8 Å². The molecule has 0 saturated heterocycles. The lowest BCUT2D eigenvalue weighted by molar-refractivity contribution is 0.617. The van der Waals surface area contributed by atoms with Crippen LogP contribution in [-0.2, 0) is 12.8 Å². The topological polar surface area (TPSA) is 43.6 Å². The number of aromatic nitrogens is 4. The number of thioether (sulfide) groups is 1. The molecule has 0 bridgehead atoms. The van der Waals surface area contributed by atoms with Crippen LogP contribution in [-0.4, -0.2) is 19.7 Å². The van der Waals surface area contributed by atoms with Crippen molar-refractivity contribution in [2.24, 2.45) is 7.05 Å². The second-order valence-electron chi connectivity index (χ2n) is 4.21. The first-order valence-corrected chi connectivity index (χ1v) is 7.62. The molecule has 0 radical (unpaired) electrons. The van der Waals surface area contributed by atoms with Crippen LogP contribution in [0, 0.1) is 5.82 Å². The number of halogens is 2. The highest BCUT2D eigenvalue weighted by Gasteiger charge is 2.10. The summed E-state index contributed by atoms with van der Waals surface area (Å²) in [5.74, 6) is 0.295. The number of nitrogens with zero attached hydrogens (tertiary/aromatic N) is 4. The fourth-order valence-corrected chi connectivity index (χ4v) is 3.20. The standard InChI is InChI=1S/C13H10BrFN4S/c1-19-12-10(5-18-19)13(17-7-16-12)20-6-8-4-9(14)2-3-11(8)15/h2-5,7H,6H2,1H3. The zero-order valence-electron chi connectivity index (χ0n) is 10.5. The Morgan fingerprint density at radius 3 is 3.05 bits per heavy atom. The van der Waals surface area contributed by atoms with Gasteiger partial charge in [0.15, 0.2) is 5.65 Å². The molecule has 20 heavy (non-hydrogen) atoms. The average Bonchev–Trinajstić information content (AvgIpc) is 2.82. The van der Waals surface area contributed by atoms with Crippen LogP contribution in [0.3, 0.4) is 0 Å². The van der Waals surface area contributed by atoms with Crippen molar-refractivity contribution in [1.82, 2.24) is 19.7 Å². The molecule has 0 unspecified atom stereocenters. The lowest BCUT2D eigenvalue weighted by atomic mass is 10.2. The number of rotatable bonds is 3. The number of fused-ring (bicyclic) bond motifs is 1. The average molecular weight is 353 g/mol. The number of aryl methyl sites for hydroxylation is 1. The Bertz CT molecular complexity index is 774. The van der Waals surface area contributed by atoms with E-state index in [1.165, 1.54) is 24.2 Å². The van der Waals surface area contributed by atoms with Gasteiger partial charge in [0.05, 0.1) is 11.6 Å². The second-order valence-corrected chi connectivity index (χ2v) is 6.09. The van der Waals surface area contributed by atoms with Crippen molar-refractivity contribution in [3.63, 3.8) is 0 Å². The van der Waals surface area contributed by atoms with Gasteiger partial charge >= 0.3 is 0 Å². The summed E-state index contributed by atoms with van der Waals surface area (Å²) >= 11 is 4.82. The quantitative estimate of drug-likeness (QED) is 0.534. The van der Waals surface area contributed by atoms with E-state index in [0.29, 0.717) is 11.3 Å². The molecule has 7 heteroatoms. The maximum atomic E-state index is 13.7. The Kier molecular flexibility index (Phi) is 3.71. The van der Waals surface area contributed by atoms with Crippen molar-refractivity contribution in [3.8, 4) is 0 Å². The highest BCUT2D eigenvalue weighted by Crippen LogP contribution is 2.28. The van der Waals surface area contributed by atoms with E-state index in [1.807, 2.05) is 7.05 Å². The van der Waals surface area contributed by atoms with Crippen molar-refractivity contribution >= 4 is 38.7 Å². The summed E-state index contributed by atoms with van der Waals surface area (Å²) in [6.45, 7) is 0. The van der Waals surface area contributed by atoms with E-state index >= 15 is 0 Å². The molecule has 0 spiro atoms. The predicted octanol–water partition coefficient (Wildman–Crippen LogP) is 3.56. The SMILES string of the molecule is Cn1ncc2c(SCc3cc(Br)ccc3F)ncnc21. The van der Waals surface area contributed by atoms with E-state index in [2.05, 4.69) is 31.0 Å². The third-order valence-corrected chi connectivity index (χ3v) is 4.41. The number of hydrogen-bond donors (Lipinski definition) is 0. The van der Waals surface area contributed by atoms with Crippen LogP contribution >= 0.6 is 27.7 Å². The lowest BCUT2D eigenvalue weighted by Crippen LogP contribution is -1.93. The van der Waals surface area contributed by atoms with Crippen LogP contribution in [0.1, 0.15) is 5.56 Å². The Hall–Kier alpha value is -1.47. The largest absolute Gasteiger partial charge is 0.250 e. The molecule has 0 N–H and O–H groups in total. The minimum absolute atomic E-state index is 0.211. The molecule has 4 nitrogen and oxygen atoms in total. The molecule has 2 heterocycles. The summed E-state index contributed by atoms with van der Waals surface area (Å²) in [7, 11) is 1.83. The Morgan fingerprint density at radius 1 is 1.35 bits per heavy atom. The van der Waals surface area contributed by atoms with E-state index in [0.717, 1.165) is 20.5 Å². The summed E-state index contributed by atoms with van der Waals surface area (Å²) in [4.78, 5) is 8.43. The fraction of sp³-hybridized carbons (Fsp3) is 0.154. The van der Waals surface area contributed by atoms with Crippen LogP contribution in [0.15, 0.2) is 40.2 Å². The fourth-order valence-electron chi connectivity index (χ4n) is 1.86. The van der Waals surface area contributed by atoms with Gasteiger partial charge in [0.2, 0.25) is 0 Å². The zero-order valence-corrected chi connectivity index (χ0v) is 12.9. The molecule has 0 saturated carbocycles. The summed E-state index contributed by atoms with van der Waals surface area (Å²) in [6, 6.07) is 4.93. The van der Waals surface area contributed by atoms with Gasteiger partial charge in [0.1, 0.15) is 17.2 Å². The second kappa shape index (κ2) is 5.49. The van der Waals surface area contributed by atoms with Crippen molar-refractivity contribution in [2.45, 2.75) is 10.8 Å². The van der Waals surface area contributed by atoms with Crippen LogP contribution in [0.2, 0.25) is 0 Å². The molecule has 102 valence electrons. The zero-order chi connectivity index (χ0) is 14.1. The summed E-state index contributed by atoms with van der Waals surface area (Å²) in [5.41, 5.74) is 1.41. The molecule has 0 atom stereocenters. The molecule has 0 aliphatic carbocycles. The number of hydrogen-bond acceptors (Lipinski definition) is 4. The predicted molar refractivity (Wildman–Crippen MR) is 80.0 cm³/mol. The lowest BCUT2D eigenvalue weighted by Gasteiger charge is -2.04. The third-order valence-electron chi connectivity index (χ3n) is 2.87. The summed E-state index contributed by atoms with van der Waals surface area (Å²) in [5, 5.41) is 5.85. The molecule has 3 aromatic rings. The Balaban J connectivity index is 1.88. The van der Waals surface area contributed by atoms with Gasteiger partial charge in [-0.15, -0.1) is 11.8 Å². The van der Waals surface area contributed by atoms with Gasteiger partial charge in [0, 0.05) is 17.3 Å². The van der Waals surface area contributed by atoms with Crippen LogP contribution < -0.4 is 0 Å². The van der Waals surface area contributed by atoms with Crippen LogP contribution in [0.4, 0.5) is 4.39 Å². The van der Waals surface area contributed by atoms with E-state index in [1.54, 1.807) is 23.0 Å². The van der Waals surface area contributed by atoms with E-state index in [-0.39, 0.29) is 5.82 Å². The third kappa shape index (κ3) is 2.55. The molecule has 0 amide bonds. The van der Waals surface area contributed by atoms with E-state index in [9.17, 15) is 4.39 Å². The molecule has 0 aliphatic rings. The molecule has 1 aromatic carbocycles. The molecule has 0 aliphatic heterocycles. The minimum atomic E-state index is -0.211. The highest BCUT2D eigenvalue weighted by molar-refractivity contribution is 9.10. The summed E-state index contributed by atoms with van der Waals surface area (Å²) < 4.78 is 16.3. The monoisotopic (exact) mass is 352 g/mol. The van der Waals surface area contributed by atoms with Gasteiger partial charge < -0.3 is 0 Å². The first kappa shape index (κ1) is 13.5. The van der Waals surface area contributed by atoms with Gasteiger partial charge in [0.25, 0.3) is 0 Å². The van der Waals surface area contributed by atoms with Gasteiger partial charge in [-0.2, -0.15) is 5.10 Å². The smallest absolute Gasteiger partial charge is 0.162 e. The molecule has 3 rings (SSSR count). The molecular formula is C13H10BrFN4S. The van der Waals surface area contributed by atoms with Crippen molar-refractivity contribution in [1.29, 1.82) is 0 Å². The number of benzene rings is 1. The highest BCUT2D eigenvalue weighted by atomic mass is 79.9. The first-order valence-electron chi connectivity index (χ1n) is 5.84. The van der Waals surface area contributed by atoms with Crippen LogP contribution in [0.25, 0.3) is 11.0 Å². The maximum Gasteiger partial charge on any atom is 0.162 e. The molecule has 2 aromatic heterocycles. The maximum absolute atomic E-state index is 13.7. The van der Waals surface area contributed by atoms with E-state index < -0.39 is 0 Å². The summed E-state index contributed by atoms with van der Waals surface area (Å²) in [6.07, 6.45) is 3.23. The Morgan fingerprint density at radius 2 is 2.20 bits per heavy atom. The normalized spacial score (nSPS) is 11.2. The minimum Gasteiger partial charge on any atom is -0.250 e. The van der Waals surface area contributed by atoms with Crippen molar-refractivity contribution in [2.75, 3.05) is 0 Å². The van der Waals surface area contributed by atoms with Crippen LogP contribution in [0.5, 0.6) is 0 Å². The van der Waals surface area contributed by atoms with Gasteiger partial charge in [-0.25, -0.2) is 14.4 Å². The van der Waals surface area contributed by atoms with Gasteiger partial charge in [-0.1, -0.05) is 15.9 Å². The van der Waals surface area contributed by atoms with Crippen molar-refractivity contribution in [3.05, 3.63) is 46.6 Å². The van der Waals surface area contributed by atoms with E-state index in [4.69, 9.17) is 0 Å². The van der Waals surface area contributed by atoms with Crippen molar-refractivity contribution < 1.29 is 4.39 Å². The molecular weight excluding hydrogens is 343 g/mol.